The molecule has 0 saturated heterocycles. The summed E-state index contributed by atoms with van der Waals surface area (Å²) in [6, 6.07) is 3.84. The minimum atomic E-state index is 0.177. The van der Waals surface area contributed by atoms with Gasteiger partial charge in [-0.2, -0.15) is 0 Å². The van der Waals surface area contributed by atoms with Crippen LogP contribution in [0.5, 0.6) is 5.88 Å². The maximum absolute atomic E-state index is 8.60. The van der Waals surface area contributed by atoms with Gasteiger partial charge in [-0.3, -0.25) is 0 Å². The van der Waals surface area contributed by atoms with Gasteiger partial charge in [0.2, 0.25) is 5.88 Å². The van der Waals surface area contributed by atoms with E-state index < -0.39 is 0 Å². The average molecular weight is 264 g/mol. The van der Waals surface area contributed by atoms with Gasteiger partial charge < -0.3 is 21.0 Å². The molecule has 0 aliphatic heterocycles. The van der Waals surface area contributed by atoms with Gasteiger partial charge in [-0.15, -0.1) is 0 Å². The molecule has 1 aliphatic rings. The summed E-state index contributed by atoms with van der Waals surface area (Å²) in [6.07, 6.45) is 4.69. The summed E-state index contributed by atoms with van der Waals surface area (Å²) in [5.74, 6) is 0.930. The minimum Gasteiger partial charge on any atom is -0.481 e. The predicted molar refractivity (Wildman–Crippen MR) is 72.2 cm³/mol. The summed E-state index contributed by atoms with van der Waals surface area (Å²) in [5, 5.41) is 15.0. The lowest BCUT2D eigenvalue weighted by Crippen LogP contribution is -2.28. The number of hydrogen-bond donors (Lipinski definition) is 3. The Labute approximate surface area is 112 Å². The highest BCUT2D eigenvalue weighted by Crippen LogP contribution is 2.48. The van der Waals surface area contributed by atoms with E-state index in [1.165, 1.54) is 0 Å². The largest absolute Gasteiger partial charge is 0.481 e. The van der Waals surface area contributed by atoms with E-state index in [0.29, 0.717) is 18.1 Å². The highest BCUT2D eigenvalue weighted by Gasteiger charge is 2.42. The van der Waals surface area contributed by atoms with Crippen LogP contribution in [0.4, 0.5) is 0 Å². The monoisotopic (exact) mass is 264 g/mol. The van der Waals surface area contributed by atoms with Gasteiger partial charge in [0.25, 0.3) is 0 Å². The molecule has 4 N–H and O–H groups in total. The number of nitrogens with zero attached hydrogens (tertiary/aromatic N) is 2. The maximum atomic E-state index is 8.60. The van der Waals surface area contributed by atoms with Crippen molar-refractivity contribution >= 4 is 5.84 Å². The van der Waals surface area contributed by atoms with Crippen molar-refractivity contribution in [2.75, 3.05) is 13.7 Å². The Morgan fingerprint density at radius 2 is 2.37 bits per heavy atom. The van der Waals surface area contributed by atoms with Crippen molar-refractivity contribution in [3.05, 3.63) is 23.9 Å². The minimum absolute atomic E-state index is 0.177. The smallest absolute Gasteiger partial charge is 0.212 e. The Bertz CT molecular complexity index is 440. The lowest BCUT2D eigenvalue weighted by molar-refractivity contribution is 0.314. The van der Waals surface area contributed by atoms with E-state index in [1.54, 1.807) is 13.3 Å². The van der Waals surface area contributed by atoms with E-state index in [9.17, 15) is 0 Å². The van der Waals surface area contributed by atoms with Crippen LogP contribution in [0.3, 0.4) is 0 Å². The molecule has 0 bridgehead atoms. The number of hydrogen-bond acceptors (Lipinski definition) is 5. The normalized spacial score (nSPS) is 17.2. The molecule has 1 saturated carbocycles. The van der Waals surface area contributed by atoms with Crippen molar-refractivity contribution in [2.24, 2.45) is 16.3 Å². The molecular formula is C13H20N4O2. The van der Waals surface area contributed by atoms with E-state index in [4.69, 9.17) is 15.7 Å². The first kappa shape index (κ1) is 13.6. The molecule has 0 radical (unpaired) electrons. The van der Waals surface area contributed by atoms with E-state index in [2.05, 4.69) is 15.5 Å². The SMILES string of the molecule is COc1ccc(CNCC2(CC(N)=NO)CC2)cn1. The first-order valence-corrected chi connectivity index (χ1v) is 6.33. The fourth-order valence-corrected chi connectivity index (χ4v) is 2.12. The second-order valence-corrected chi connectivity index (χ2v) is 5.08. The van der Waals surface area contributed by atoms with E-state index >= 15 is 0 Å². The van der Waals surface area contributed by atoms with Gasteiger partial charge in [0.15, 0.2) is 0 Å². The van der Waals surface area contributed by atoms with Crippen LogP contribution in [-0.2, 0) is 6.54 Å². The third-order valence-electron chi connectivity index (χ3n) is 3.48. The van der Waals surface area contributed by atoms with Crippen molar-refractivity contribution in [3.8, 4) is 5.88 Å². The Hall–Kier alpha value is -1.82. The number of nitrogens with one attached hydrogen (secondary N) is 1. The van der Waals surface area contributed by atoms with Crippen molar-refractivity contribution in [1.29, 1.82) is 0 Å². The summed E-state index contributed by atoms with van der Waals surface area (Å²) in [6.45, 7) is 1.63. The number of ether oxygens (including phenoxy) is 1. The van der Waals surface area contributed by atoms with Crippen LogP contribution in [0.1, 0.15) is 24.8 Å². The van der Waals surface area contributed by atoms with Gasteiger partial charge in [-0.25, -0.2) is 4.98 Å². The topological polar surface area (TPSA) is 92.8 Å². The van der Waals surface area contributed by atoms with Gasteiger partial charge in [-0.1, -0.05) is 11.2 Å². The van der Waals surface area contributed by atoms with Gasteiger partial charge in [0.05, 0.1) is 7.11 Å². The van der Waals surface area contributed by atoms with Crippen LogP contribution in [0.25, 0.3) is 0 Å². The molecule has 1 aliphatic carbocycles. The van der Waals surface area contributed by atoms with Gasteiger partial charge in [-0.05, 0) is 23.8 Å². The molecule has 2 rings (SSSR count). The van der Waals surface area contributed by atoms with Crippen LogP contribution >= 0.6 is 0 Å². The molecule has 0 amide bonds. The molecule has 1 fully saturated rings. The van der Waals surface area contributed by atoms with Crippen LogP contribution < -0.4 is 15.8 Å². The van der Waals surface area contributed by atoms with Gasteiger partial charge in [0.1, 0.15) is 5.84 Å². The molecule has 1 aromatic heterocycles. The van der Waals surface area contributed by atoms with Crippen LogP contribution in [0.15, 0.2) is 23.5 Å². The molecule has 0 unspecified atom stereocenters. The first-order valence-electron chi connectivity index (χ1n) is 6.33. The van der Waals surface area contributed by atoms with Gasteiger partial charge in [0, 0.05) is 31.8 Å². The fourth-order valence-electron chi connectivity index (χ4n) is 2.12. The summed E-state index contributed by atoms with van der Waals surface area (Å²) in [7, 11) is 1.60. The highest BCUT2D eigenvalue weighted by molar-refractivity contribution is 5.80. The van der Waals surface area contributed by atoms with Crippen LogP contribution in [-0.4, -0.2) is 29.7 Å². The van der Waals surface area contributed by atoms with Crippen LogP contribution in [0, 0.1) is 5.41 Å². The quantitative estimate of drug-likeness (QED) is 0.297. The van der Waals surface area contributed by atoms with E-state index in [-0.39, 0.29) is 5.41 Å². The van der Waals surface area contributed by atoms with Crippen molar-refractivity contribution in [2.45, 2.75) is 25.8 Å². The zero-order valence-corrected chi connectivity index (χ0v) is 11.1. The molecular weight excluding hydrogens is 244 g/mol. The third kappa shape index (κ3) is 3.82. The fraction of sp³-hybridized carbons (Fsp3) is 0.538. The Kier molecular flexibility index (Phi) is 4.21. The second-order valence-electron chi connectivity index (χ2n) is 5.08. The number of pyridine rings is 1. The Balaban J connectivity index is 1.77. The molecule has 0 aromatic carbocycles. The predicted octanol–water partition coefficient (Wildman–Crippen LogP) is 1.10. The van der Waals surface area contributed by atoms with Gasteiger partial charge >= 0.3 is 0 Å². The third-order valence-corrected chi connectivity index (χ3v) is 3.48. The number of nitrogens with two attached hydrogens (primary N) is 1. The number of amidine groups is 1. The molecule has 1 aromatic rings. The van der Waals surface area contributed by atoms with Crippen molar-refractivity contribution in [1.82, 2.24) is 10.3 Å². The Morgan fingerprint density at radius 3 is 2.89 bits per heavy atom. The maximum Gasteiger partial charge on any atom is 0.212 e. The van der Waals surface area contributed by atoms with E-state index in [1.807, 2.05) is 12.1 Å². The van der Waals surface area contributed by atoms with Crippen LogP contribution in [0.2, 0.25) is 0 Å². The number of methoxy groups -OCH3 is 1. The van der Waals surface area contributed by atoms with Crippen molar-refractivity contribution in [3.63, 3.8) is 0 Å². The summed E-state index contributed by atoms with van der Waals surface area (Å²) in [4.78, 5) is 4.16. The summed E-state index contributed by atoms with van der Waals surface area (Å²) < 4.78 is 5.01. The molecule has 19 heavy (non-hydrogen) atoms. The standard InChI is InChI=1S/C13H20N4O2/c1-19-12-3-2-10(8-16-12)7-15-9-13(4-5-13)6-11(14)17-18/h2-3,8,15,18H,4-7,9H2,1H3,(H2,14,17). The first-order chi connectivity index (χ1) is 9.17. The number of aromatic nitrogens is 1. The molecule has 1 heterocycles. The zero-order chi connectivity index (χ0) is 13.7. The Morgan fingerprint density at radius 1 is 1.58 bits per heavy atom. The van der Waals surface area contributed by atoms with Crippen molar-refractivity contribution < 1.29 is 9.94 Å². The molecule has 0 spiro atoms. The molecule has 104 valence electrons. The molecule has 6 heteroatoms. The number of rotatable bonds is 7. The van der Waals surface area contributed by atoms with E-state index in [0.717, 1.165) is 31.5 Å². The molecule has 6 nitrogen and oxygen atoms in total. The highest BCUT2D eigenvalue weighted by atomic mass is 16.5. The zero-order valence-electron chi connectivity index (χ0n) is 11.1. The summed E-state index contributed by atoms with van der Waals surface area (Å²) in [5.41, 5.74) is 6.85. The summed E-state index contributed by atoms with van der Waals surface area (Å²) >= 11 is 0. The second kappa shape index (κ2) is 5.88. The lowest BCUT2D eigenvalue weighted by Gasteiger charge is -2.15. The average Bonchev–Trinajstić information content (AvgIpc) is 3.19. The molecule has 0 atom stereocenters. The lowest BCUT2D eigenvalue weighted by atomic mass is 10.0. The number of oxime groups is 1.